The number of pyridine rings is 1. The highest BCUT2D eigenvalue weighted by molar-refractivity contribution is 14.1. The van der Waals surface area contributed by atoms with Crippen LogP contribution >= 0.6 is 22.6 Å². The summed E-state index contributed by atoms with van der Waals surface area (Å²) in [5, 5.41) is 1.04. The van der Waals surface area contributed by atoms with E-state index in [9.17, 15) is 0 Å². The third kappa shape index (κ3) is 1.39. The molecule has 0 bridgehead atoms. The van der Waals surface area contributed by atoms with E-state index in [0.29, 0.717) is 0 Å². The van der Waals surface area contributed by atoms with Gasteiger partial charge >= 0.3 is 0 Å². The van der Waals surface area contributed by atoms with E-state index in [-0.39, 0.29) is 0 Å². The van der Waals surface area contributed by atoms with Crippen molar-refractivity contribution in [3.8, 4) is 0 Å². The van der Waals surface area contributed by atoms with Gasteiger partial charge in [0.05, 0.1) is 0 Å². The lowest BCUT2D eigenvalue weighted by molar-refractivity contribution is 1.13. The first-order valence-corrected chi connectivity index (χ1v) is 5.00. The molecule has 2 aromatic heterocycles. The minimum absolute atomic E-state index is 0.780. The van der Waals surface area contributed by atoms with Crippen LogP contribution in [0.3, 0.4) is 0 Å². The Bertz CT molecular complexity index is 468. The van der Waals surface area contributed by atoms with Crippen LogP contribution in [-0.4, -0.2) is 15.0 Å². The number of hydrogen-bond acceptors (Lipinski definition) is 3. The summed E-state index contributed by atoms with van der Waals surface area (Å²) in [5.74, 6) is 0. The lowest BCUT2D eigenvalue weighted by Gasteiger charge is -2.05. The fraction of sp³-hybridized carbons (Fsp3) is 0.222. The van der Waals surface area contributed by atoms with Gasteiger partial charge in [0, 0.05) is 11.6 Å². The van der Waals surface area contributed by atoms with Crippen molar-refractivity contribution in [3.63, 3.8) is 0 Å². The number of hydrogen-bond donors (Lipinski definition) is 0. The zero-order chi connectivity index (χ0) is 9.42. The van der Waals surface area contributed by atoms with E-state index >= 15 is 0 Å². The van der Waals surface area contributed by atoms with Gasteiger partial charge in [0.2, 0.25) is 0 Å². The molecule has 4 heteroatoms. The molecule has 0 radical (unpaired) electrons. The minimum atomic E-state index is 0.780. The van der Waals surface area contributed by atoms with Gasteiger partial charge in [-0.1, -0.05) is 0 Å². The summed E-state index contributed by atoms with van der Waals surface area (Å²) in [6.45, 7) is 4.14. The lowest BCUT2D eigenvalue weighted by Crippen LogP contribution is -1.95. The number of nitrogens with zero attached hydrogens (tertiary/aromatic N) is 3. The first kappa shape index (κ1) is 8.80. The molecule has 0 atom stereocenters. The molecular formula is C9H8IN3. The molecule has 0 spiro atoms. The monoisotopic (exact) mass is 285 g/mol. The summed E-state index contributed by atoms with van der Waals surface area (Å²) in [6, 6.07) is 0. The van der Waals surface area contributed by atoms with Gasteiger partial charge in [0.1, 0.15) is 10.0 Å². The van der Waals surface area contributed by atoms with Crippen LogP contribution in [0.15, 0.2) is 12.5 Å². The number of rotatable bonds is 0. The molecule has 0 unspecified atom stereocenters. The van der Waals surface area contributed by atoms with Crippen molar-refractivity contribution in [2.45, 2.75) is 13.8 Å². The fourth-order valence-electron chi connectivity index (χ4n) is 1.21. The topological polar surface area (TPSA) is 38.7 Å². The Morgan fingerprint density at radius 2 is 2.00 bits per heavy atom. The zero-order valence-corrected chi connectivity index (χ0v) is 9.53. The van der Waals surface area contributed by atoms with Crippen molar-refractivity contribution in [1.82, 2.24) is 15.0 Å². The summed E-state index contributed by atoms with van der Waals surface area (Å²) in [6.07, 6.45) is 3.34. The number of fused-ring (bicyclic) bond motifs is 1. The normalized spacial score (nSPS) is 10.7. The molecule has 0 amide bonds. The van der Waals surface area contributed by atoms with Crippen LogP contribution in [0, 0.1) is 17.5 Å². The Kier molecular flexibility index (Phi) is 2.15. The number of aromatic nitrogens is 3. The summed E-state index contributed by atoms with van der Waals surface area (Å²) in [5.41, 5.74) is 3.21. The smallest absolute Gasteiger partial charge is 0.163 e. The van der Waals surface area contributed by atoms with E-state index in [2.05, 4.69) is 51.4 Å². The zero-order valence-electron chi connectivity index (χ0n) is 7.37. The molecule has 66 valence electrons. The summed E-state index contributed by atoms with van der Waals surface area (Å²) in [7, 11) is 0. The van der Waals surface area contributed by atoms with Gasteiger partial charge in [-0.05, 0) is 47.6 Å². The molecule has 2 aromatic rings. The highest BCUT2D eigenvalue weighted by Crippen LogP contribution is 2.20. The third-order valence-corrected chi connectivity index (χ3v) is 3.22. The molecule has 0 aliphatic rings. The predicted octanol–water partition coefficient (Wildman–Crippen LogP) is 2.25. The standard InChI is InChI=1S/C9H8IN3/c1-5-6(2)8(10)13-9-7(5)3-11-4-12-9/h3-4H,1-2H3. The second-order valence-electron chi connectivity index (χ2n) is 2.91. The van der Waals surface area contributed by atoms with E-state index in [0.717, 1.165) is 14.7 Å². The molecule has 2 heterocycles. The average molecular weight is 285 g/mol. The minimum Gasteiger partial charge on any atom is -0.244 e. The van der Waals surface area contributed by atoms with Crippen molar-refractivity contribution in [2.24, 2.45) is 0 Å². The molecular weight excluding hydrogens is 277 g/mol. The van der Waals surface area contributed by atoms with Gasteiger partial charge in [-0.3, -0.25) is 0 Å². The second kappa shape index (κ2) is 3.17. The van der Waals surface area contributed by atoms with Crippen LogP contribution in [0.5, 0.6) is 0 Å². The maximum absolute atomic E-state index is 4.37. The number of halogens is 1. The first-order chi connectivity index (χ1) is 6.20. The molecule has 0 saturated heterocycles. The van der Waals surface area contributed by atoms with Gasteiger partial charge in [-0.2, -0.15) is 0 Å². The molecule has 0 N–H and O–H groups in total. The van der Waals surface area contributed by atoms with Crippen LogP contribution in [0.25, 0.3) is 11.0 Å². The summed E-state index contributed by atoms with van der Waals surface area (Å²) >= 11 is 2.23. The Morgan fingerprint density at radius 3 is 2.77 bits per heavy atom. The Hall–Kier alpha value is -0.780. The highest BCUT2D eigenvalue weighted by Gasteiger charge is 2.06. The summed E-state index contributed by atoms with van der Waals surface area (Å²) < 4.78 is 1.02. The largest absolute Gasteiger partial charge is 0.244 e. The van der Waals surface area contributed by atoms with Crippen LogP contribution < -0.4 is 0 Å². The molecule has 3 nitrogen and oxygen atoms in total. The van der Waals surface area contributed by atoms with Crippen molar-refractivity contribution in [2.75, 3.05) is 0 Å². The van der Waals surface area contributed by atoms with E-state index in [1.807, 2.05) is 6.20 Å². The van der Waals surface area contributed by atoms with Gasteiger partial charge in [-0.25, -0.2) is 15.0 Å². The van der Waals surface area contributed by atoms with E-state index in [1.165, 1.54) is 17.5 Å². The molecule has 0 fully saturated rings. The van der Waals surface area contributed by atoms with Crippen molar-refractivity contribution in [1.29, 1.82) is 0 Å². The van der Waals surface area contributed by atoms with Crippen LogP contribution in [0.1, 0.15) is 11.1 Å². The molecule has 0 saturated carbocycles. The van der Waals surface area contributed by atoms with Crippen molar-refractivity contribution >= 4 is 33.6 Å². The van der Waals surface area contributed by atoms with E-state index in [1.54, 1.807) is 0 Å². The molecule has 13 heavy (non-hydrogen) atoms. The van der Waals surface area contributed by atoms with Crippen LogP contribution in [0.2, 0.25) is 0 Å². The summed E-state index contributed by atoms with van der Waals surface area (Å²) in [4.78, 5) is 12.5. The Balaban J connectivity index is 2.94. The fourth-order valence-corrected chi connectivity index (χ4v) is 1.84. The lowest BCUT2D eigenvalue weighted by atomic mass is 10.1. The molecule has 0 aliphatic carbocycles. The quantitative estimate of drug-likeness (QED) is 0.550. The van der Waals surface area contributed by atoms with Crippen molar-refractivity contribution < 1.29 is 0 Å². The average Bonchev–Trinajstić information content (AvgIpc) is 2.15. The first-order valence-electron chi connectivity index (χ1n) is 3.92. The van der Waals surface area contributed by atoms with Gasteiger partial charge in [-0.15, -0.1) is 0 Å². The Labute approximate surface area is 89.8 Å². The predicted molar refractivity (Wildman–Crippen MR) is 59.5 cm³/mol. The maximum atomic E-state index is 4.37. The van der Waals surface area contributed by atoms with E-state index in [4.69, 9.17) is 0 Å². The molecule has 0 aromatic carbocycles. The van der Waals surface area contributed by atoms with Gasteiger partial charge < -0.3 is 0 Å². The van der Waals surface area contributed by atoms with Crippen molar-refractivity contribution in [3.05, 3.63) is 27.4 Å². The SMILES string of the molecule is Cc1c(I)nc2ncncc2c1C. The van der Waals surface area contributed by atoms with Gasteiger partial charge in [0.25, 0.3) is 0 Å². The highest BCUT2D eigenvalue weighted by atomic mass is 127. The Morgan fingerprint density at radius 1 is 1.23 bits per heavy atom. The molecule has 0 aliphatic heterocycles. The number of aryl methyl sites for hydroxylation is 1. The second-order valence-corrected chi connectivity index (χ2v) is 3.93. The molecule has 2 rings (SSSR count). The van der Waals surface area contributed by atoms with E-state index < -0.39 is 0 Å². The van der Waals surface area contributed by atoms with Crippen LogP contribution in [0.4, 0.5) is 0 Å². The third-order valence-electron chi connectivity index (χ3n) is 2.17. The maximum Gasteiger partial charge on any atom is 0.163 e. The van der Waals surface area contributed by atoms with Gasteiger partial charge in [0.15, 0.2) is 5.65 Å². The van der Waals surface area contributed by atoms with Crippen LogP contribution in [-0.2, 0) is 0 Å².